The maximum absolute atomic E-state index is 6.77. The molecule has 3 heterocycles. The summed E-state index contributed by atoms with van der Waals surface area (Å²) in [6.07, 6.45) is -0.320. The summed E-state index contributed by atoms with van der Waals surface area (Å²) >= 11 is 0. The number of benzene rings is 7. The van der Waals surface area contributed by atoms with Crippen LogP contribution in [0.2, 0.25) is 0 Å². The van der Waals surface area contributed by atoms with Crippen LogP contribution in [0.5, 0.6) is 0 Å². The van der Waals surface area contributed by atoms with Crippen LogP contribution >= 0.6 is 0 Å². The standard InChI is InChI=1S/C43H28N4O/c1-2-13-28(14-3-1)41-44-42(30-25-24-27-12-4-5-15-29(27)26-30)46-43(45-41)34-19-11-23-38-39(34)33-18-10-22-37(40(33)48-38)47-35-20-8-6-16-31(35)32-17-7-9-21-36(32)47/h1-26,42H,(H,44,45,46). The summed E-state index contributed by atoms with van der Waals surface area (Å²) in [5.74, 6) is 1.45. The molecule has 2 aromatic heterocycles. The number of hydrogen-bond acceptors (Lipinski definition) is 4. The van der Waals surface area contributed by atoms with E-state index in [1.165, 1.54) is 21.5 Å². The topological polar surface area (TPSA) is 54.8 Å². The van der Waals surface area contributed by atoms with Gasteiger partial charge in [-0.2, -0.15) is 0 Å². The Labute approximate surface area is 276 Å². The van der Waals surface area contributed by atoms with Crippen molar-refractivity contribution in [2.45, 2.75) is 6.17 Å². The highest BCUT2D eigenvalue weighted by atomic mass is 16.3. The van der Waals surface area contributed by atoms with Crippen LogP contribution in [-0.4, -0.2) is 16.2 Å². The van der Waals surface area contributed by atoms with Crippen molar-refractivity contribution in [2.24, 2.45) is 9.98 Å². The molecular formula is C43H28N4O. The molecule has 0 saturated heterocycles. The SMILES string of the molecule is c1ccc(C2=NC(c3cccc4oc5c(-n6c7ccccc7c7ccccc76)cccc5c34)=NC(c3ccc4ccccc4c3)N2)cc1. The summed E-state index contributed by atoms with van der Waals surface area (Å²) in [7, 11) is 0. The zero-order valence-corrected chi connectivity index (χ0v) is 25.8. The van der Waals surface area contributed by atoms with Crippen LogP contribution in [0.15, 0.2) is 172 Å². The molecule has 1 N–H and O–H groups in total. The minimum absolute atomic E-state index is 0.320. The highest BCUT2D eigenvalue weighted by Gasteiger charge is 2.25. The van der Waals surface area contributed by atoms with Gasteiger partial charge in [0.25, 0.3) is 0 Å². The van der Waals surface area contributed by atoms with Gasteiger partial charge in [-0.3, -0.25) is 0 Å². The van der Waals surface area contributed by atoms with E-state index in [0.29, 0.717) is 5.84 Å². The third kappa shape index (κ3) is 4.11. The third-order valence-corrected chi connectivity index (χ3v) is 9.44. The molecule has 5 heteroatoms. The molecule has 0 saturated carbocycles. The summed E-state index contributed by atoms with van der Waals surface area (Å²) in [6, 6.07) is 54.9. The lowest BCUT2D eigenvalue weighted by molar-refractivity contribution is 0.666. The molecule has 0 bridgehead atoms. The van der Waals surface area contributed by atoms with Gasteiger partial charge in [0.05, 0.1) is 16.7 Å². The number of nitrogens with zero attached hydrogens (tertiary/aromatic N) is 3. The van der Waals surface area contributed by atoms with E-state index in [1.54, 1.807) is 0 Å². The summed E-state index contributed by atoms with van der Waals surface area (Å²) in [4.78, 5) is 10.4. The number of aromatic nitrogens is 1. The maximum atomic E-state index is 6.77. The van der Waals surface area contributed by atoms with Crippen LogP contribution in [0.4, 0.5) is 0 Å². The van der Waals surface area contributed by atoms with Gasteiger partial charge < -0.3 is 14.3 Å². The lowest BCUT2D eigenvalue weighted by Crippen LogP contribution is -2.33. The first kappa shape index (κ1) is 26.7. The highest BCUT2D eigenvalue weighted by molar-refractivity contribution is 6.23. The number of aliphatic imine (C=N–C) groups is 2. The third-order valence-electron chi connectivity index (χ3n) is 9.44. The molecule has 9 aromatic rings. The average molecular weight is 617 g/mol. The van der Waals surface area contributed by atoms with Crippen molar-refractivity contribution in [1.82, 2.24) is 9.88 Å². The molecule has 0 fully saturated rings. The number of para-hydroxylation sites is 3. The fourth-order valence-electron chi connectivity index (χ4n) is 7.24. The zero-order chi connectivity index (χ0) is 31.6. The number of rotatable bonds is 4. The van der Waals surface area contributed by atoms with Crippen LogP contribution in [0.3, 0.4) is 0 Å². The molecule has 226 valence electrons. The molecule has 0 aliphatic carbocycles. The maximum Gasteiger partial charge on any atom is 0.160 e. The van der Waals surface area contributed by atoms with Crippen LogP contribution in [0, 0.1) is 0 Å². The predicted molar refractivity (Wildman–Crippen MR) is 197 cm³/mol. The van der Waals surface area contributed by atoms with E-state index < -0.39 is 0 Å². The van der Waals surface area contributed by atoms with Crippen LogP contribution in [-0.2, 0) is 0 Å². The highest BCUT2D eigenvalue weighted by Crippen LogP contribution is 2.39. The van der Waals surface area contributed by atoms with Gasteiger partial charge in [0.1, 0.15) is 17.6 Å². The molecule has 1 unspecified atom stereocenters. The Kier molecular flexibility index (Phi) is 5.87. The van der Waals surface area contributed by atoms with Crippen molar-refractivity contribution in [3.05, 3.63) is 174 Å². The Morgan fingerprint density at radius 1 is 0.583 bits per heavy atom. The van der Waals surface area contributed by atoms with Crippen molar-refractivity contribution in [1.29, 1.82) is 0 Å². The summed E-state index contributed by atoms with van der Waals surface area (Å²) in [6.45, 7) is 0. The van der Waals surface area contributed by atoms with Gasteiger partial charge in [-0.25, -0.2) is 9.98 Å². The fourth-order valence-corrected chi connectivity index (χ4v) is 7.24. The number of amidine groups is 2. The Morgan fingerprint density at radius 3 is 2.08 bits per heavy atom. The Hall–Kier alpha value is -6.46. The number of nitrogens with one attached hydrogen (secondary N) is 1. The van der Waals surface area contributed by atoms with Crippen molar-refractivity contribution in [2.75, 3.05) is 0 Å². The van der Waals surface area contributed by atoms with E-state index in [-0.39, 0.29) is 6.17 Å². The average Bonchev–Trinajstić information content (AvgIpc) is 3.71. The first-order valence-electron chi connectivity index (χ1n) is 16.2. The molecule has 0 spiro atoms. The Morgan fingerprint density at radius 2 is 1.27 bits per heavy atom. The van der Waals surface area contributed by atoms with Gasteiger partial charge in [0.2, 0.25) is 0 Å². The van der Waals surface area contributed by atoms with Gasteiger partial charge in [0, 0.05) is 32.7 Å². The Balaban J connectivity index is 1.20. The van der Waals surface area contributed by atoms with Crippen LogP contribution in [0.1, 0.15) is 22.9 Å². The largest absolute Gasteiger partial charge is 0.454 e. The van der Waals surface area contributed by atoms with Gasteiger partial charge >= 0.3 is 0 Å². The van der Waals surface area contributed by atoms with Crippen molar-refractivity contribution < 1.29 is 4.42 Å². The molecule has 1 aliphatic rings. The molecular weight excluding hydrogens is 589 g/mol. The summed E-state index contributed by atoms with van der Waals surface area (Å²) < 4.78 is 9.09. The molecule has 48 heavy (non-hydrogen) atoms. The first-order valence-corrected chi connectivity index (χ1v) is 16.2. The normalized spacial score (nSPS) is 14.9. The smallest absolute Gasteiger partial charge is 0.160 e. The van der Waals surface area contributed by atoms with Gasteiger partial charge in [-0.1, -0.05) is 127 Å². The van der Waals surface area contributed by atoms with Crippen LogP contribution < -0.4 is 5.32 Å². The zero-order valence-electron chi connectivity index (χ0n) is 25.8. The monoisotopic (exact) mass is 616 g/mol. The lowest BCUT2D eigenvalue weighted by atomic mass is 10.0. The second kappa shape index (κ2) is 10.5. The molecule has 1 atom stereocenters. The molecule has 7 aromatic carbocycles. The number of hydrogen-bond donors (Lipinski definition) is 1. The van der Waals surface area contributed by atoms with Crippen molar-refractivity contribution >= 4 is 66.2 Å². The molecule has 10 rings (SSSR count). The van der Waals surface area contributed by atoms with E-state index in [4.69, 9.17) is 14.4 Å². The van der Waals surface area contributed by atoms with Gasteiger partial charge in [0.15, 0.2) is 11.4 Å². The minimum atomic E-state index is -0.320. The molecule has 1 aliphatic heterocycles. The second-order valence-electron chi connectivity index (χ2n) is 12.2. The van der Waals surface area contributed by atoms with Gasteiger partial charge in [-0.05, 0) is 46.7 Å². The quantitative estimate of drug-likeness (QED) is 0.214. The molecule has 0 amide bonds. The van der Waals surface area contributed by atoms with E-state index in [1.807, 2.05) is 30.3 Å². The minimum Gasteiger partial charge on any atom is -0.454 e. The van der Waals surface area contributed by atoms with E-state index >= 15 is 0 Å². The van der Waals surface area contributed by atoms with Crippen molar-refractivity contribution in [3.8, 4) is 5.69 Å². The molecule has 5 nitrogen and oxygen atoms in total. The van der Waals surface area contributed by atoms with E-state index in [2.05, 4.69) is 137 Å². The number of furan rings is 1. The van der Waals surface area contributed by atoms with Gasteiger partial charge in [-0.15, -0.1) is 0 Å². The lowest BCUT2D eigenvalue weighted by Gasteiger charge is -2.24. The first-order chi connectivity index (χ1) is 23.8. The van der Waals surface area contributed by atoms with E-state index in [9.17, 15) is 0 Å². The Bertz CT molecular complexity index is 2720. The predicted octanol–water partition coefficient (Wildman–Crippen LogP) is 10.3. The number of fused-ring (bicyclic) bond motifs is 7. The summed E-state index contributed by atoms with van der Waals surface area (Å²) in [5.41, 5.74) is 7.94. The van der Waals surface area contributed by atoms with Crippen molar-refractivity contribution in [3.63, 3.8) is 0 Å². The molecule has 0 radical (unpaired) electrons. The fraction of sp³-hybridized carbons (Fsp3) is 0.0233. The summed E-state index contributed by atoms with van der Waals surface area (Å²) in [5, 5.41) is 10.5. The second-order valence-corrected chi connectivity index (χ2v) is 12.2. The van der Waals surface area contributed by atoms with E-state index in [0.717, 1.165) is 61.2 Å². The van der Waals surface area contributed by atoms with Crippen LogP contribution in [0.25, 0.3) is 60.2 Å².